The molecular formula is C22H33FO4. The van der Waals surface area contributed by atoms with Crippen LogP contribution in [0.5, 0.6) is 0 Å². The number of carboxylic acid groups (broad SMARTS) is 1. The van der Waals surface area contributed by atoms with E-state index in [0.717, 1.165) is 25.7 Å². The van der Waals surface area contributed by atoms with Crippen LogP contribution in [0, 0.1) is 17.8 Å². The molecule has 2 N–H and O–H groups in total. The molecule has 5 heteroatoms. The Morgan fingerprint density at radius 3 is 2.70 bits per heavy atom. The summed E-state index contributed by atoms with van der Waals surface area (Å²) in [7, 11) is 0. The highest BCUT2D eigenvalue weighted by atomic mass is 19.1. The van der Waals surface area contributed by atoms with Gasteiger partial charge in [-0.3, -0.25) is 4.79 Å². The van der Waals surface area contributed by atoms with Crippen molar-refractivity contribution in [1.82, 2.24) is 0 Å². The molecule has 4 nitrogen and oxygen atoms in total. The molecule has 0 aliphatic heterocycles. The lowest BCUT2D eigenvalue weighted by molar-refractivity contribution is -0.146. The van der Waals surface area contributed by atoms with Crippen molar-refractivity contribution >= 4 is 11.8 Å². The molecule has 4 atom stereocenters. The Balaban J connectivity index is 2.48. The summed E-state index contributed by atoms with van der Waals surface area (Å²) in [6.45, 7) is 5.53. The van der Waals surface area contributed by atoms with Crippen molar-refractivity contribution in [3.8, 4) is 0 Å². The normalized spacial score (nSPS) is 22.6. The van der Waals surface area contributed by atoms with E-state index in [4.69, 9.17) is 5.11 Å². The van der Waals surface area contributed by atoms with E-state index in [1.165, 1.54) is 0 Å². The van der Waals surface area contributed by atoms with E-state index in [0.29, 0.717) is 25.7 Å². The highest BCUT2D eigenvalue weighted by Gasteiger charge is 2.31. The van der Waals surface area contributed by atoms with E-state index in [9.17, 15) is 19.1 Å². The second-order valence-electron chi connectivity index (χ2n) is 7.36. The molecule has 0 aromatic rings. The number of Topliss-reactive ketones (excluding diaryl/α,β-unsaturated/α-hetero) is 1. The second kappa shape index (κ2) is 12.6. The Hall–Kier alpha value is -1.75. The van der Waals surface area contributed by atoms with Gasteiger partial charge in [0, 0.05) is 18.3 Å². The SMILES string of the molecule is C=C(F)[C@H](CC=C[C@H]1CCC(=O)[C@@H]1CC=CCCC(O)C(=O)O)CCCC. The molecule has 1 fully saturated rings. The first-order valence-corrected chi connectivity index (χ1v) is 9.96. The monoisotopic (exact) mass is 380 g/mol. The molecule has 1 rings (SSSR count). The third-order valence-corrected chi connectivity index (χ3v) is 5.26. The first kappa shape index (κ1) is 23.3. The van der Waals surface area contributed by atoms with Gasteiger partial charge < -0.3 is 10.2 Å². The van der Waals surface area contributed by atoms with Crippen LogP contribution in [0.25, 0.3) is 0 Å². The van der Waals surface area contributed by atoms with Gasteiger partial charge >= 0.3 is 5.97 Å². The van der Waals surface area contributed by atoms with Crippen LogP contribution in [0.4, 0.5) is 4.39 Å². The number of rotatable bonds is 13. The number of carbonyl (C=O) groups is 2. The zero-order valence-electron chi connectivity index (χ0n) is 16.3. The molecule has 1 saturated carbocycles. The minimum atomic E-state index is -1.34. The van der Waals surface area contributed by atoms with Gasteiger partial charge in [0.15, 0.2) is 6.10 Å². The summed E-state index contributed by atoms with van der Waals surface area (Å²) in [5.74, 6) is -1.27. The predicted octanol–water partition coefficient (Wildman–Crippen LogP) is 4.99. The van der Waals surface area contributed by atoms with Gasteiger partial charge in [-0.15, -0.1) is 0 Å². The van der Waals surface area contributed by atoms with Crippen LogP contribution in [0.15, 0.2) is 36.7 Å². The number of ketones is 1. The van der Waals surface area contributed by atoms with Gasteiger partial charge in [0.1, 0.15) is 5.78 Å². The highest BCUT2D eigenvalue weighted by molar-refractivity contribution is 5.83. The van der Waals surface area contributed by atoms with Crippen LogP contribution in [-0.4, -0.2) is 28.1 Å². The fourth-order valence-electron chi connectivity index (χ4n) is 3.48. The molecular weight excluding hydrogens is 347 g/mol. The Bertz CT molecular complexity index is 553. The number of unbranched alkanes of at least 4 members (excludes halogenated alkanes) is 1. The van der Waals surface area contributed by atoms with Gasteiger partial charge in [0.05, 0.1) is 5.83 Å². The third-order valence-electron chi connectivity index (χ3n) is 5.26. The van der Waals surface area contributed by atoms with Crippen LogP contribution in [0.3, 0.4) is 0 Å². The van der Waals surface area contributed by atoms with Gasteiger partial charge in [-0.05, 0) is 44.4 Å². The number of halogens is 1. The summed E-state index contributed by atoms with van der Waals surface area (Å²) in [6, 6.07) is 0. The van der Waals surface area contributed by atoms with E-state index < -0.39 is 12.1 Å². The second-order valence-corrected chi connectivity index (χ2v) is 7.36. The standard InChI is InChI=1S/C22H33FO4/c1-3-4-9-17(16(2)23)10-8-11-18-14-15-20(24)19(18)12-6-5-7-13-21(25)22(26)27/h5-6,8,11,17-19,21,25H,2-4,7,9-10,12-15H2,1H3,(H,26,27)/t17-,18-,19+,21?/m0/s1. The van der Waals surface area contributed by atoms with Crippen molar-refractivity contribution in [1.29, 1.82) is 0 Å². The first-order valence-electron chi connectivity index (χ1n) is 9.96. The smallest absolute Gasteiger partial charge is 0.332 e. The molecule has 1 unspecified atom stereocenters. The molecule has 0 saturated heterocycles. The minimum absolute atomic E-state index is 0.0652. The van der Waals surface area contributed by atoms with E-state index in [1.807, 2.05) is 18.2 Å². The van der Waals surface area contributed by atoms with Gasteiger partial charge in [0.25, 0.3) is 0 Å². The fourth-order valence-corrected chi connectivity index (χ4v) is 3.48. The number of aliphatic hydroxyl groups is 1. The van der Waals surface area contributed by atoms with Crippen molar-refractivity contribution in [2.75, 3.05) is 0 Å². The number of allylic oxidation sites excluding steroid dienone is 5. The first-order chi connectivity index (χ1) is 12.9. The molecule has 0 amide bonds. The fraction of sp³-hybridized carbons (Fsp3) is 0.636. The van der Waals surface area contributed by atoms with Crippen LogP contribution < -0.4 is 0 Å². The number of hydrogen-bond acceptors (Lipinski definition) is 3. The Morgan fingerprint density at radius 1 is 1.33 bits per heavy atom. The van der Waals surface area contributed by atoms with Crippen molar-refractivity contribution in [3.63, 3.8) is 0 Å². The van der Waals surface area contributed by atoms with Crippen LogP contribution in [-0.2, 0) is 9.59 Å². The summed E-state index contributed by atoms with van der Waals surface area (Å²) in [5, 5.41) is 17.9. The van der Waals surface area contributed by atoms with Crippen molar-refractivity contribution in [2.45, 2.75) is 70.8 Å². The van der Waals surface area contributed by atoms with E-state index >= 15 is 0 Å². The highest BCUT2D eigenvalue weighted by Crippen LogP contribution is 2.33. The largest absolute Gasteiger partial charge is 0.479 e. The zero-order valence-corrected chi connectivity index (χ0v) is 16.3. The number of aliphatic carboxylic acids is 1. The lowest BCUT2D eigenvalue weighted by Gasteiger charge is -2.14. The minimum Gasteiger partial charge on any atom is -0.479 e. The molecule has 0 heterocycles. The Labute approximate surface area is 161 Å². The topological polar surface area (TPSA) is 74.6 Å². The zero-order chi connectivity index (χ0) is 20.2. The Morgan fingerprint density at radius 2 is 2.07 bits per heavy atom. The molecule has 1 aliphatic carbocycles. The third kappa shape index (κ3) is 8.65. The number of hydrogen-bond donors (Lipinski definition) is 2. The van der Waals surface area contributed by atoms with E-state index in [1.54, 1.807) is 0 Å². The van der Waals surface area contributed by atoms with Gasteiger partial charge in [-0.2, -0.15) is 0 Å². The van der Waals surface area contributed by atoms with Gasteiger partial charge in [-0.1, -0.05) is 50.6 Å². The maximum Gasteiger partial charge on any atom is 0.332 e. The van der Waals surface area contributed by atoms with E-state index in [2.05, 4.69) is 19.6 Å². The average molecular weight is 381 g/mol. The van der Waals surface area contributed by atoms with Crippen LogP contribution in [0.2, 0.25) is 0 Å². The van der Waals surface area contributed by atoms with Crippen LogP contribution in [0.1, 0.15) is 64.7 Å². The lowest BCUT2D eigenvalue weighted by atomic mass is 9.90. The molecule has 0 bridgehead atoms. The van der Waals surface area contributed by atoms with Gasteiger partial charge in [0.2, 0.25) is 0 Å². The lowest BCUT2D eigenvalue weighted by Crippen LogP contribution is -2.18. The molecule has 0 spiro atoms. The van der Waals surface area contributed by atoms with Crippen molar-refractivity contribution in [3.05, 3.63) is 36.7 Å². The van der Waals surface area contributed by atoms with E-state index in [-0.39, 0.29) is 35.8 Å². The maximum atomic E-state index is 13.5. The summed E-state index contributed by atoms with van der Waals surface area (Å²) >= 11 is 0. The predicted molar refractivity (Wildman–Crippen MR) is 105 cm³/mol. The van der Waals surface area contributed by atoms with Crippen LogP contribution >= 0.6 is 0 Å². The number of carboxylic acids is 1. The number of aliphatic hydroxyl groups excluding tert-OH is 1. The quantitative estimate of drug-likeness (QED) is 0.441. The molecule has 1 aliphatic rings. The molecule has 0 aromatic heterocycles. The van der Waals surface area contributed by atoms with Crippen molar-refractivity contribution < 1.29 is 24.2 Å². The summed E-state index contributed by atoms with van der Waals surface area (Å²) < 4.78 is 13.5. The molecule has 0 aromatic carbocycles. The Kier molecular flexibility index (Phi) is 10.9. The maximum absolute atomic E-state index is 13.5. The average Bonchev–Trinajstić information content (AvgIpc) is 2.97. The molecule has 27 heavy (non-hydrogen) atoms. The van der Waals surface area contributed by atoms with Gasteiger partial charge in [-0.25, -0.2) is 9.18 Å². The number of carbonyl (C=O) groups excluding carboxylic acids is 1. The summed E-state index contributed by atoms with van der Waals surface area (Å²) in [6.07, 6.45) is 12.5. The molecule has 152 valence electrons. The summed E-state index contributed by atoms with van der Waals surface area (Å²) in [5.41, 5.74) is 0. The molecule has 0 radical (unpaired) electrons. The van der Waals surface area contributed by atoms with Crippen molar-refractivity contribution in [2.24, 2.45) is 17.8 Å². The summed E-state index contributed by atoms with van der Waals surface area (Å²) in [4.78, 5) is 22.7.